The average Bonchev–Trinajstić information content (AvgIpc) is 3.22. The number of fused-ring (bicyclic) bond motifs is 2. The number of carbonyl (C=O) groups excluding carboxylic acids is 1. The van der Waals surface area contributed by atoms with Crippen molar-refractivity contribution in [2.24, 2.45) is 23.7 Å². The van der Waals surface area contributed by atoms with Crippen LogP contribution in [-0.2, 0) is 9.53 Å². The summed E-state index contributed by atoms with van der Waals surface area (Å²) in [5, 5.41) is 0. The number of hydrogen-bond donors (Lipinski definition) is 0. The second-order valence-electron chi connectivity index (χ2n) is 7.56. The van der Waals surface area contributed by atoms with Crippen LogP contribution in [0.2, 0.25) is 0 Å². The Morgan fingerprint density at radius 2 is 1.75 bits per heavy atom. The van der Waals surface area contributed by atoms with Crippen LogP contribution in [0.15, 0.2) is 12.2 Å². The Balaban J connectivity index is 1.48. The lowest BCUT2D eigenvalue weighted by molar-refractivity contribution is -0.171. The summed E-state index contributed by atoms with van der Waals surface area (Å²) in [4.78, 5) is 12.7. The van der Waals surface area contributed by atoms with Gasteiger partial charge in [0.15, 0.2) is 0 Å². The number of esters is 1. The molecule has 3 atom stereocenters. The monoisotopic (exact) mass is 274 g/mol. The lowest BCUT2D eigenvalue weighted by atomic mass is 9.83. The summed E-state index contributed by atoms with van der Waals surface area (Å²) in [6.45, 7) is 0. The molecule has 0 spiro atoms. The van der Waals surface area contributed by atoms with Crippen LogP contribution in [-0.4, -0.2) is 11.6 Å². The zero-order chi connectivity index (χ0) is 13.6. The first-order valence-corrected chi connectivity index (χ1v) is 8.68. The quantitative estimate of drug-likeness (QED) is 0.568. The fraction of sp³-hybridized carbons (Fsp3) is 0.833. The zero-order valence-electron chi connectivity index (χ0n) is 12.4. The Labute approximate surface area is 122 Å². The van der Waals surface area contributed by atoms with Gasteiger partial charge in [0.2, 0.25) is 0 Å². The van der Waals surface area contributed by atoms with Gasteiger partial charge in [0, 0.05) is 0 Å². The molecule has 4 aliphatic carbocycles. The van der Waals surface area contributed by atoms with Crippen molar-refractivity contribution in [1.82, 2.24) is 0 Å². The van der Waals surface area contributed by atoms with Gasteiger partial charge >= 0.3 is 5.97 Å². The third-order valence-corrected chi connectivity index (χ3v) is 6.43. The maximum Gasteiger partial charge on any atom is 0.310 e. The van der Waals surface area contributed by atoms with E-state index in [1.807, 2.05) is 0 Å². The summed E-state index contributed by atoms with van der Waals surface area (Å²) in [7, 11) is 0. The normalized spacial score (nSPS) is 38.7. The first-order valence-electron chi connectivity index (χ1n) is 8.68. The van der Waals surface area contributed by atoms with Crippen molar-refractivity contribution >= 4 is 5.97 Å². The number of rotatable bonds is 3. The van der Waals surface area contributed by atoms with Gasteiger partial charge in [-0.1, -0.05) is 25.0 Å². The van der Waals surface area contributed by atoms with E-state index >= 15 is 0 Å². The van der Waals surface area contributed by atoms with E-state index in [1.54, 1.807) is 0 Å². The van der Waals surface area contributed by atoms with E-state index in [4.69, 9.17) is 4.74 Å². The Bertz CT molecular complexity index is 413. The largest absolute Gasteiger partial charge is 0.459 e. The molecule has 3 unspecified atom stereocenters. The molecule has 4 rings (SSSR count). The highest BCUT2D eigenvalue weighted by Crippen LogP contribution is 2.49. The second kappa shape index (κ2) is 4.89. The van der Waals surface area contributed by atoms with Crippen LogP contribution in [0, 0.1) is 23.7 Å². The highest BCUT2D eigenvalue weighted by molar-refractivity contribution is 5.74. The van der Waals surface area contributed by atoms with Gasteiger partial charge in [0.25, 0.3) is 0 Å². The van der Waals surface area contributed by atoms with E-state index in [9.17, 15) is 4.79 Å². The minimum atomic E-state index is -0.0703. The fourth-order valence-corrected chi connectivity index (χ4v) is 5.35. The van der Waals surface area contributed by atoms with Crippen LogP contribution >= 0.6 is 0 Å². The Morgan fingerprint density at radius 1 is 1.00 bits per heavy atom. The molecule has 0 saturated heterocycles. The summed E-state index contributed by atoms with van der Waals surface area (Å²) in [6, 6.07) is 0. The lowest BCUT2D eigenvalue weighted by Gasteiger charge is -2.36. The maximum absolute atomic E-state index is 12.7. The van der Waals surface area contributed by atoms with E-state index in [-0.39, 0.29) is 17.5 Å². The van der Waals surface area contributed by atoms with Gasteiger partial charge in [-0.3, -0.25) is 4.79 Å². The Morgan fingerprint density at radius 3 is 2.35 bits per heavy atom. The van der Waals surface area contributed by atoms with E-state index in [1.165, 1.54) is 44.9 Å². The Kier molecular flexibility index (Phi) is 3.16. The highest BCUT2D eigenvalue weighted by Gasteiger charge is 2.48. The fourth-order valence-electron chi connectivity index (χ4n) is 5.35. The first-order chi connectivity index (χ1) is 9.77. The van der Waals surface area contributed by atoms with E-state index in [0.29, 0.717) is 17.8 Å². The molecule has 3 saturated carbocycles. The molecule has 0 aromatic carbocycles. The minimum absolute atomic E-state index is 0.0703. The van der Waals surface area contributed by atoms with Crippen LogP contribution in [0.3, 0.4) is 0 Å². The molecule has 2 nitrogen and oxygen atoms in total. The summed E-state index contributed by atoms with van der Waals surface area (Å²) < 4.78 is 6.25. The summed E-state index contributed by atoms with van der Waals surface area (Å²) >= 11 is 0. The molecule has 20 heavy (non-hydrogen) atoms. The molecule has 2 bridgehead atoms. The van der Waals surface area contributed by atoms with Gasteiger partial charge in [-0.25, -0.2) is 0 Å². The predicted molar refractivity (Wildman–Crippen MR) is 78.1 cm³/mol. The molecule has 3 fully saturated rings. The van der Waals surface area contributed by atoms with Gasteiger partial charge in [0.05, 0.1) is 5.92 Å². The van der Waals surface area contributed by atoms with Crippen LogP contribution in [0.4, 0.5) is 0 Å². The topological polar surface area (TPSA) is 26.3 Å². The number of carbonyl (C=O) groups is 1. The average molecular weight is 274 g/mol. The molecule has 0 aliphatic heterocycles. The maximum atomic E-state index is 12.7. The molecule has 2 heteroatoms. The Hall–Kier alpha value is -0.790. The molecule has 0 amide bonds. The van der Waals surface area contributed by atoms with Gasteiger partial charge in [-0.05, 0) is 69.1 Å². The van der Waals surface area contributed by atoms with Crippen molar-refractivity contribution in [3.63, 3.8) is 0 Å². The van der Waals surface area contributed by atoms with E-state index < -0.39 is 0 Å². The van der Waals surface area contributed by atoms with Crippen molar-refractivity contribution < 1.29 is 9.53 Å². The molecule has 4 aliphatic rings. The van der Waals surface area contributed by atoms with Crippen molar-refractivity contribution in [3.8, 4) is 0 Å². The summed E-state index contributed by atoms with van der Waals surface area (Å²) in [5.41, 5.74) is -0.0703. The summed E-state index contributed by atoms with van der Waals surface area (Å²) in [6.07, 6.45) is 16.8. The second-order valence-corrected chi connectivity index (χ2v) is 7.56. The van der Waals surface area contributed by atoms with Crippen LogP contribution in [0.25, 0.3) is 0 Å². The first kappa shape index (κ1) is 12.9. The summed E-state index contributed by atoms with van der Waals surface area (Å²) in [5.74, 6) is 2.10. The van der Waals surface area contributed by atoms with Gasteiger partial charge in [-0.15, -0.1) is 0 Å². The van der Waals surface area contributed by atoms with E-state index in [0.717, 1.165) is 19.3 Å². The molecule has 0 N–H and O–H groups in total. The van der Waals surface area contributed by atoms with Gasteiger partial charge < -0.3 is 4.74 Å². The molecule has 0 heterocycles. The zero-order valence-corrected chi connectivity index (χ0v) is 12.4. The molecule has 0 aromatic rings. The third-order valence-electron chi connectivity index (χ3n) is 6.43. The number of allylic oxidation sites excluding steroid dienone is 2. The van der Waals surface area contributed by atoms with Crippen molar-refractivity contribution in [1.29, 1.82) is 0 Å². The number of hydrogen-bond acceptors (Lipinski definition) is 2. The van der Waals surface area contributed by atoms with Gasteiger partial charge in [0.1, 0.15) is 5.60 Å². The molecule has 0 radical (unpaired) electrons. The SMILES string of the molecule is O=C(OC1(C2CCCC2)CCCC1)C1CC2C=CC1C2. The minimum Gasteiger partial charge on any atom is -0.459 e. The van der Waals surface area contributed by atoms with Crippen LogP contribution in [0.5, 0.6) is 0 Å². The van der Waals surface area contributed by atoms with Crippen LogP contribution < -0.4 is 0 Å². The number of ether oxygens (including phenoxy) is 1. The van der Waals surface area contributed by atoms with Crippen LogP contribution in [0.1, 0.15) is 64.2 Å². The third kappa shape index (κ3) is 2.03. The highest BCUT2D eigenvalue weighted by atomic mass is 16.6. The van der Waals surface area contributed by atoms with E-state index in [2.05, 4.69) is 12.2 Å². The predicted octanol–water partition coefficient (Wildman–Crippen LogP) is 4.24. The van der Waals surface area contributed by atoms with Crippen molar-refractivity contribution in [2.75, 3.05) is 0 Å². The smallest absolute Gasteiger partial charge is 0.310 e. The standard InChI is InChI=1S/C18H26O2/c19-17(16-12-13-7-8-14(16)11-13)20-18(9-3-4-10-18)15-5-1-2-6-15/h7-8,13-16H,1-6,9-12H2. The van der Waals surface area contributed by atoms with Gasteiger partial charge in [-0.2, -0.15) is 0 Å². The van der Waals surface area contributed by atoms with Crippen molar-refractivity contribution in [2.45, 2.75) is 69.8 Å². The molecular weight excluding hydrogens is 248 g/mol. The molecule has 110 valence electrons. The lowest BCUT2D eigenvalue weighted by Crippen LogP contribution is -2.41. The molecular formula is C18H26O2. The van der Waals surface area contributed by atoms with Crippen molar-refractivity contribution in [3.05, 3.63) is 12.2 Å². The molecule has 0 aromatic heterocycles.